The Hall–Kier alpha value is -0.0300. The molecule has 1 saturated heterocycles. The number of rotatable bonds is 6. The number of ether oxygens (including phenoxy) is 4. The summed E-state index contributed by atoms with van der Waals surface area (Å²) in [6.45, 7) is 4.14. The lowest BCUT2D eigenvalue weighted by Gasteiger charge is -2.71. The van der Waals surface area contributed by atoms with Crippen molar-refractivity contribution in [3.05, 3.63) is 0 Å². The Morgan fingerprint density at radius 2 is 1.79 bits per heavy atom. The first-order valence-electron chi connectivity index (χ1n) is 12.7. The Balaban J connectivity index is 0.00000241. The standard InChI is InChI=1S/C25H41NO7.ClH/c1-6-26-12-21(13-30-2)8-7-17(27)24-16-9-14-10-22(16,33-5)23(28,11-15(14)31-3)25(29,20(24)26)19(32-4)18(21)24;/h14-20,27-29H,6-13H2,1-5H3;1H/t14-,15+,16-,17?,18-,19+,20+,21?,22?,23-,24?,25?;/m1./s1. The molecule has 0 aromatic rings. The molecule has 0 amide bonds. The van der Waals surface area contributed by atoms with Crippen molar-refractivity contribution in [1.29, 1.82) is 0 Å². The van der Waals surface area contributed by atoms with Crippen LogP contribution >= 0.6 is 12.4 Å². The molecule has 7 bridgehead atoms. The fraction of sp³-hybridized carbons (Fsp3) is 1.00. The molecule has 3 N–H and O–H groups in total. The van der Waals surface area contributed by atoms with Gasteiger partial charge in [-0.05, 0) is 38.1 Å². The Bertz CT molecular complexity index is 835. The molecule has 0 aromatic heterocycles. The Labute approximate surface area is 208 Å². The highest BCUT2D eigenvalue weighted by Gasteiger charge is 2.94. The topological polar surface area (TPSA) is 101 Å². The maximum Gasteiger partial charge on any atom is 0.138 e. The highest BCUT2D eigenvalue weighted by molar-refractivity contribution is 5.85. The molecule has 196 valence electrons. The molecule has 9 heteroatoms. The Kier molecular flexibility index (Phi) is 5.83. The van der Waals surface area contributed by atoms with Crippen LogP contribution in [0.1, 0.15) is 39.0 Å². The number of hydrogen-bond donors (Lipinski definition) is 3. The molecule has 0 aromatic carbocycles. The average molecular weight is 504 g/mol. The third-order valence-corrected chi connectivity index (χ3v) is 11.6. The molecule has 5 saturated carbocycles. The van der Waals surface area contributed by atoms with E-state index < -0.39 is 40.5 Å². The lowest BCUT2D eigenvalue weighted by Crippen LogP contribution is -2.86. The molecule has 8 nitrogen and oxygen atoms in total. The number of hydrogen-bond acceptors (Lipinski definition) is 8. The monoisotopic (exact) mass is 503 g/mol. The molecule has 1 spiro atoms. The molecule has 1 heterocycles. The van der Waals surface area contributed by atoms with Crippen LogP contribution in [-0.4, -0.2) is 110 Å². The van der Waals surface area contributed by atoms with Crippen molar-refractivity contribution in [2.24, 2.45) is 28.6 Å². The second kappa shape index (κ2) is 7.74. The molecule has 0 radical (unpaired) electrons. The second-order valence-electron chi connectivity index (χ2n) is 12.0. The van der Waals surface area contributed by atoms with Crippen molar-refractivity contribution in [2.75, 3.05) is 48.1 Å². The van der Waals surface area contributed by atoms with Crippen LogP contribution in [0.2, 0.25) is 0 Å². The van der Waals surface area contributed by atoms with E-state index in [-0.39, 0.29) is 41.7 Å². The van der Waals surface area contributed by atoms with E-state index in [1.54, 1.807) is 28.4 Å². The number of piperidine rings is 1. The summed E-state index contributed by atoms with van der Waals surface area (Å²) in [5.41, 5.74) is -5.04. The number of likely N-dealkylation sites (N-methyl/N-ethyl adjacent to an activating group) is 1. The predicted molar refractivity (Wildman–Crippen MR) is 126 cm³/mol. The van der Waals surface area contributed by atoms with Gasteiger partial charge in [-0.2, -0.15) is 0 Å². The fourth-order valence-corrected chi connectivity index (χ4v) is 11.0. The highest BCUT2D eigenvalue weighted by atomic mass is 35.5. The van der Waals surface area contributed by atoms with Crippen molar-refractivity contribution in [1.82, 2.24) is 4.90 Å². The van der Waals surface area contributed by atoms with E-state index in [9.17, 15) is 15.3 Å². The second-order valence-corrected chi connectivity index (χ2v) is 12.0. The molecule has 5 unspecified atom stereocenters. The molecule has 6 fully saturated rings. The van der Waals surface area contributed by atoms with Crippen LogP contribution in [-0.2, 0) is 18.9 Å². The number of aliphatic hydroxyl groups is 3. The van der Waals surface area contributed by atoms with Crippen LogP contribution in [0, 0.1) is 28.6 Å². The summed E-state index contributed by atoms with van der Waals surface area (Å²) < 4.78 is 24.3. The molecule has 5 aliphatic carbocycles. The summed E-state index contributed by atoms with van der Waals surface area (Å²) in [4.78, 5) is 2.32. The number of fused-ring (bicyclic) bond motifs is 2. The molecular formula is C25H42ClNO7. The van der Waals surface area contributed by atoms with Gasteiger partial charge in [0, 0.05) is 64.1 Å². The average Bonchev–Trinajstić information content (AvgIpc) is 3.25. The van der Waals surface area contributed by atoms with E-state index in [2.05, 4.69) is 11.8 Å². The van der Waals surface area contributed by atoms with Crippen LogP contribution in [0.25, 0.3) is 0 Å². The Morgan fingerprint density at radius 3 is 2.38 bits per heavy atom. The first kappa shape index (κ1) is 25.6. The summed E-state index contributed by atoms with van der Waals surface area (Å²) in [5.74, 6) is -0.0235. The lowest BCUT2D eigenvalue weighted by atomic mass is 9.41. The summed E-state index contributed by atoms with van der Waals surface area (Å²) >= 11 is 0. The number of methoxy groups -OCH3 is 4. The zero-order chi connectivity index (χ0) is 23.6. The van der Waals surface area contributed by atoms with E-state index in [0.29, 0.717) is 25.9 Å². The summed E-state index contributed by atoms with van der Waals surface area (Å²) in [5, 5.41) is 37.8. The summed E-state index contributed by atoms with van der Waals surface area (Å²) in [7, 11) is 6.75. The smallest absolute Gasteiger partial charge is 0.138 e. The molecule has 34 heavy (non-hydrogen) atoms. The molecular weight excluding hydrogens is 462 g/mol. The number of aliphatic hydroxyl groups excluding tert-OH is 1. The number of halogens is 1. The van der Waals surface area contributed by atoms with Crippen LogP contribution in [0.4, 0.5) is 0 Å². The predicted octanol–water partition coefficient (Wildman–Crippen LogP) is 0.837. The van der Waals surface area contributed by atoms with E-state index in [4.69, 9.17) is 18.9 Å². The SMILES string of the molecule is CCN1CC2(COC)CCC(O)C34[C@@H]2[C@H](OC)C(O)([C@@H]13)[C@@]1(O)C[C@H](OC)[C@@H]2C[C@@H]4C1(OC)C2.Cl. The maximum atomic E-state index is 13.0. The normalized spacial score (nSPS) is 59.1. The van der Waals surface area contributed by atoms with Gasteiger partial charge in [-0.1, -0.05) is 6.92 Å². The van der Waals surface area contributed by atoms with E-state index in [1.165, 1.54) is 0 Å². The Morgan fingerprint density at radius 1 is 1.06 bits per heavy atom. The molecule has 6 aliphatic rings. The minimum atomic E-state index is -1.61. The van der Waals surface area contributed by atoms with Crippen LogP contribution in [0.15, 0.2) is 0 Å². The third kappa shape index (κ3) is 2.28. The lowest BCUT2D eigenvalue weighted by molar-refractivity contribution is -0.358. The van der Waals surface area contributed by atoms with Crippen molar-refractivity contribution >= 4 is 12.4 Å². The largest absolute Gasteiger partial charge is 0.392 e. The van der Waals surface area contributed by atoms with Gasteiger partial charge in [-0.15, -0.1) is 12.4 Å². The van der Waals surface area contributed by atoms with Gasteiger partial charge in [0.25, 0.3) is 0 Å². The summed E-state index contributed by atoms with van der Waals surface area (Å²) in [6.07, 6.45) is 1.79. The first-order chi connectivity index (χ1) is 15.7. The summed E-state index contributed by atoms with van der Waals surface area (Å²) in [6, 6.07) is -0.419. The third-order valence-electron chi connectivity index (χ3n) is 11.6. The minimum Gasteiger partial charge on any atom is -0.392 e. The number of nitrogens with zero attached hydrogens (tertiary/aromatic N) is 1. The zero-order valence-corrected chi connectivity index (χ0v) is 21.8. The highest BCUT2D eigenvalue weighted by Crippen LogP contribution is 2.81. The quantitative estimate of drug-likeness (QED) is 0.490. The minimum absolute atomic E-state index is 0. The van der Waals surface area contributed by atoms with Crippen molar-refractivity contribution in [2.45, 2.75) is 80.2 Å². The van der Waals surface area contributed by atoms with Gasteiger partial charge < -0.3 is 34.3 Å². The van der Waals surface area contributed by atoms with Crippen molar-refractivity contribution < 1.29 is 34.3 Å². The van der Waals surface area contributed by atoms with Gasteiger partial charge in [-0.3, -0.25) is 4.90 Å². The van der Waals surface area contributed by atoms with Gasteiger partial charge in [0.15, 0.2) is 0 Å². The number of likely N-dealkylation sites (tertiary alicyclic amines) is 1. The van der Waals surface area contributed by atoms with Crippen LogP contribution in [0.3, 0.4) is 0 Å². The van der Waals surface area contributed by atoms with Gasteiger partial charge in [0.2, 0.25) is 0 Å². The van der Waals surface area contributed by atoms with E-state index in [0.717, 1.165) is 25.9 Å². The molecule has 1 aliphatic heterocycles. The van der Waals surface area contributed by atoms with Crippen molar-refractivity contribution in [3.63, 3.8) is 0 Å². The van der Waals surface area contributed by atoms with Gasteiger partial charge in [0.1, 0.15) is 16.8 Å². The first-order valence-corrected chi connectivity index (χ1v) is 12.7. The maximum absolute atomic E-state index is 13.0. The van der Waals surface area contributed by atoms with Gasteiger partial charge in [0.05, 0.1) is 31.0 Å². The molecule has 6 rings (SSSR count). The van der Waals surface area contributed by atoms with Crippen LogP contribution < -0.4 is 0 Å². The van der Waals surface area contributed by atoms with E-state index >= 15 is 0 Å². The van der Waals surface area contributed by atoms with E-state index in [1.807, 2.05) is 0 Å². The zero-order valence-electron chi connectivity index (χ0n) is 21.0. The molecule has 12 atom stereocenters. The fourth-order valence-electron chi connectivity index (χ4n) is 11.0. The van der Waals surface area contributed by atoms with Gasteiger partial charge in [-0.25, -0.2) is 0 Å². The van der Waals surface area contributed by atoms with Crippen LogP contribution in [0.5, 0.6) is 0 Å². The van der Waals surface area contributed by atoms with Gasteiger partial charge >= 0.3 is 0 Å². The van der Waals surface area contributed by atoms with Crippen molar-refractivity contribution in [3.8, 4) is 0 Å².